The van der Waals surface area contributed by atoms with Crippen LogP contribution in [-0.4, -0.2) is 15.0 Å². The zero-order chi connectivity index (χ0) is 15.7. The van der Waals surface area contributed by atoms with E-state index in [1.165, 1.54) is 29.7 Å². The molecule has 0 atom stereocenters. The van der Waals surface area contributed by atoms with Crippen LogP contribution in [0.4, 0.5) is 4.39 Å². The Labute approximate surface area is 127 Å². The second-order valence-corrected chi connectivity index (χ2v) is 6.73. The maximum Gasteiger partial charge on any atom is 0.200 e. The molecule has 1 aliphatic heterocycles. The molecule has 0 bridgehead atoms. The average Bonchev–Trinajstić information content (AvgIpc) is 2.77. The molecule has 1 heterocycles. The number of rotatable bonds is 4. The van der Waals surface area contributed by atoms with Gasteiger partial charge in [-0.15, -0.1) is 0 Å². The molecule has 3 rings (SSSR count). The van der Waals surface area contributed by atoms with Crippen molar-refractivity contribution in [2.24, 2.45) is 5.73 Å². The van der Waals surface area contributed by atoms with Gasteiger partial charge < -0.3 is 10.5 Å². The lowest BCUT2D eigenvalue weighted by Gasteiger charge is -2.08. The fraction of sp³-hybridized carbons (Fsp3) is 0.125. The molecule has 114 valence electrons. The van der Waals surface area contributed by atoms with E-state index in [9.17, 15) is 12.8 Å². The highest BCUT2D eigenvalue weighted by Gasteiger charge is 2.27. The number of halogens is 1. The third-order valence-electron chi connectivity index (χ3n) is 3.44. The van der Waals surface area contributed by atoms with Crippen LogP contribution in [0.2, 0.25) is 0 Å². The number of ether oxygens (including phenoxy) is 1. The SMILES string of the molecule is NCc1ccc2c(c1)S(=O)(=O)C=C2COc1ccc(F)cc1. The number of benzene rings is 2. The van der Waals surface area contributed by atoms with Gasteiger partial charge in [-0.25, -0.2) is 12.8 Å². The summed E-state index contributed by atoms with van der Waals surface area (Å²) in [4.78, 5) is 0.258. The Morgan fingerprint density at radius 2 is 1.82 bits per heavy atom. The summed E-state index contributed by atoms with van der Waals surface area (Å²) >= 11 is 0. The lowest BCUT2D eigenvalue weighted by molar-refractivity contribution is 0.369. The number of sulfone groups is 1. The van der Waals surface area contributed by atoms with Crippen LogP contribution in [0.15, 0.2) is 52.8 Å². The summed E-state index contributed by atoms with van der Waals surface area (Å²) in [6.45, 7) is 0.379. The Morgan fingerprint density at radius 3 is 2.50 bits per heavy atom. The van der Waals surface area contributed by atoms with Crippen molar-refractivity contribution in [3.63, 3.8) is 0 Å². The molecule has 0 fully saturated rings. The fourth-order valence-electron chi connectivity index (χ4n) is 2.31. The molecule has 0 saturated carbocycles. The van der Waals surface area contributed by atoms with Gasteiger partial charge in [-0.1, -0.05) is 12.1 Å². The van der Waals surface area contributed by atoms with Gasteiger partial charge in [0.05, 0.1) is 4.90 Å². The van der Waals surface area contributed by atoms with E-state index in [2.05, 4.69) is 0 Å². The summed E-state index contributed by atoms with van der Waals surface area (Å²) in [6.07, 6.45) is 0. The first-order valence-corrected chi connectivity index (χ1v) is 8.21. The monoisotopic (exact) mass is 319 g/mol. The van der Waals surface area contributed by atoms with Gasteiger partial charge in [0, 0.05) is 23.1 Å². The third-order valence-corrected chi connectivity index (χ3v) is 4.99. The van der Waals surface area contributed by atoms with Crippen LogP contribution in [0, 0.1) is 5.82 Å². The molecule has 0 saturated heterocycles. The van der Waals surface area contributed by atoms with Crippen molar-refractivity contribution >= 4 is 15.4 Å². The highest BCUT2D eigenvalue weighted by molar-refractivity contribution is 7.95. The summed E-state index contributed by atoms with van der Waals surface area (Å²) in [7, 11) is -3.46. The van der Waals surface area contributed by atoms with Crippen LogP contribution >= 0.6 is 0 Å². The molecule has 0 aliphatic carbocycles. The van der Waals surface area contributed by atoms with E-state index in [-0.39, 0.29) is 23.9 Å². The standard InChI is InChI=1S/C16H14FNO3S/c17-13-2-4-14(5-3-13)21-9-12-10-22(19,20)16-7-11(8-18)1-6-15(12)16/h1-7,10H,8-9,18H2. The minimum absolute atomic E-state index is 0.0971. The van der Waals surface area contributed by atoms with Gasteiger partial charge in [0.2, 0.25) is 9.84 Å². The van der Waals surface area contributed by atoms with E-state index in [1.807, 2.05) is 0 Å². The van der Waals surface area contributed by atoms with E-state index in [4.69, 9.17) is 10.5 Å². The Kier molecular flexibility index (Phi) is 3.72. The van der Waals surface area contributed by atoms with Gasteiger partial charge in [-0.05, 0) is 35.9 Å². The molecular weight excluding hydrogens is 305 g/mol. The minimum Gasteiger partial charge on any atom is -0.489 e. The second kappa shape index (κ2) is 5.55. The summed E-state index contributed by atoms with van der Waals surface area (Å²) in [5.41, 5.74) is 7.50. The number of hydrogen-bond acceptors (Lipinski definition) is 4. The van der Waals surface area contributed by atoms with Crippen molar-refractivity contribution in [2.45, 2.75) is 11.4 Å². The van der Waals surface area contributed by atoms with E-state index in [1.54, 1.807) is 18.2 Å². The van der Waals surface area contributed by atoms with E-state index >= 15 is 0 Å². The number of fused-ring (bicyclic) bond motifs is 1. The van der Waals surface area contributed by atoms with E-state index < -0.39 is 9.84 Å². The van der Waals surface area contributed by atoms with Gasteiger partial charge in [0.1, 0.15) is 18.2 Å². The van der Waals surface area contributed by atoms with E-state index in [0.29, 0.717) is 16.9 Å². The van der Waals surface area contributed by atoms with Crippen molar-refractivity contribution in [1.82, 2.24) is 0 Å². The van der Waals surface area contributed by atoms with Crippen LogP contribution in [0.1, 0.15) is 11.1 Å². The largest absolute Gasteiger partial charge is 0.489 e. The smallest absolute Gasteiger partial charge is 0.200 e. The highest BCUT2D eigenvalue weighted by atomic mass is 32.2. The second-order valence-electron chi connectivity index (χ2n) is 4.97. The van der Waals surface area contributed by atoms with Gasteiger partial charge in [0.15, 0.2) is 0 Å². The minimum atomic E-state index is -3.46. The summed E-state index contributed by atoms with van der Waals surface area (Å²) in [6, 6.07) is 10.7. The zero-order valence-electron chi connectivity index (χ0n) is 11.6. The molecule has 0 radical (unpaired) electrons. The first-order chi connectivity index (χ1) is 10.5. The Hall–Kier alpha value is -2.18. The molecule has 6 heteroatoms. The summed E-state index contributed by atoms with van der Waals surface area (Å²) in [5, 5.41) is 1.21. The molecule has 0 amide bonds. The molecular formula is C16H14FNO3S. The van der Waals surface area contributed by atoms with Crippen LogP contribution in [-0.2, 0) is 16.4 Å². The highest BCUT2D eigenvalue weighted by Crippen LogP contribution is 2.34. The average molecular weight is 319 g/mol. The zero-order valence-corrected chi connectivity index (χ0v) is 12.4. The Bertz CT molecular complexity index is 842. The molecule has 0 spiro atoms. The van der Waals surface area contributed by atoms with Gasteiger partial charge in [-0.2, -0.15) is 0 Å². The van der Waals surface area contributed by atoms with Crippen molar-refractivity contribution in [1.29, 1.82) is 0 Å². The summed E-state index contributed by atoms with van der Waals surface area (Å²) < 4.78 is 42.7. The molecule has 2 aromatic rings. The van der Waals surface area contributed by atoms with Gasteiger partial charge in [-0.3, -0.25) is 0 Å². The normalized spacial score (nSPS) is 15.3. The van der Waals surface area contributed by atoms with Crippen molar-refractivity contribution in [2.75, 3.05) is 6.61 Å². The molecule has 2 N–H and O–H groups in total. The van der Waals surface area contributed by atoms with Crippen molar-refractivity contribution in [3.8, 4) is 5.75 Å². The molecule has 0 unspecified atom stereocenters. The molecule has 2 aromatic carbocycles. The predicted octanol–water partition coefficient (Wildman–Crippen LogP) is 2.49. The first kappa shape index (κ1) is 14.7. The van der Waals surface area contributed by atoms with Crippen LogP contribution < -0.4 is 10.5 Å². The quantitative estimate of drug-likeness (QED) is 0.940. The molecule has 4 nitrogen and oxygen atoms in total. The maximum atomic E-state index is 12.8. The van der Waals surface area contributed by atoms with E-state index in [0.717, 1.165) is 5.56 Å². The Balaban J connectivity index is 1.86. The van der Waals surface area contributed by atoms with Crippen molar-refractivity contribution in [3.05, 3.63) is 64.8 Å². The third kappa shape index (κ3) is 2.75. The Morgan fingerprint density at radius 1 is 1.09 bits per heavy atom. The molecule has 0 aromatic heterocycles. The lowest BCUT2D eigenvalue weighted by Crippen LogP contribution is -2.01. The molecule has 1 aliphatic rings. The van der Waals surface area contributed by atoms with Gasteiger partial charge in [0.25, 0.3) is 0 Å². The van der Waals surface area contributed by atoms with Gasteiger partial charge >= 0.3 is 0 Å². The summed E-state index contributed by atoms with van der Waals surface area (Å²) in [5.74, 6) is 0.126. The number of nitrogens with two attached hydrogens (primary N) is 1. The first-order valence-electron chi connectivity index (χ1n) is 6.67. The maximum absolute atomic E-state index is 12.8. The topological polar surface area (TPSA) is 69.4 Å². The molecule has 22 heavy (non-hydrogen) atoms. The van der Waals surface area contributed by atoms with Crippen LogP contribution in [0.25, 0.3) is 5.57 Å². The lowest BCUT2D eigenvalue weighted by atomic mass is 10.1. The fourth-order valence-corrected chi connectivity index (χ4v) is 3.83. The number of hydrogen-bond donors (Lipinski definition) is 1. The van der Waals surface area contributed by atoms with Crippen LogP contribution in [0.5, 0.6) is 5.75 Å². The van der Waals surface area contributed by atoms with Crippen molar-refractivity contribution < 1.29 is 17.5 Å². The van der Waals surface area contributed by atoms with Crippen LogP contribution in [0.3, 0.4) is 0 Å². The predicted molar refractivity (Wildman–Crippen MR) is 81.4 cm³/mol.